The van der Waals surface area contributed by atoms with Gasteiger partial charge in [-0.3, -0.25) is 0 Å². The molecule has 0 aliphatic carbocycles. The Hall–Kier alpha value is -1.40. The minimum absolute atomic E-state index is 0.212. The first kappa shape index (κ1) is 14.7. The van der Waals surface area contributed by atoms with Gasteiger partial charge in [-0.1, -0.05) is 13.8 Å². The number of nitrogen functional groups attached to an aromatic ring is 1. The number of aliphatic hydroxyl groups is 1. The molecule has 0 saturated carbocycles. The number of anilines is 2. The zero-order valence-electron chi connectivity index (χ0n) is 11.1. The van der Waals surface area contributed by atoms with E-state index in [1.54, 1.807) is 6.07 Å². The van der Waals surface area contributed by atoms with Gasteiger partial charge in [0.25, 0.3) is 0 Å². The molecule has 0 aliphatic heterocycles. The second-order valence-corrected chi connectivity index (χ2v) is 4.45. The third-order valence-corrected chi connectivity index (χ3v) is 2.65. The summed E-state index contributed by atoms with van der Waals surface area (Å²) in [5.74, 6) is 7.95. The molecule has 1 heterocycles. The van der Waals surface area contributed by atoms with Crippen molar-refractivity contribution >= 4 is 11.6 Å². The number of hydrogen-bond acceptors (Lipinski definition) is 6. The van der Waals surface area contributed by atoms with Crippen LogP contribution < -0.4 is 16.6 Å². The molecule has 0 fully saturated rings. The summed E-state index contributed by atoms with van der Waals surface area (Å²) < 4.78 is 0. The summed E-state index contributed by atoms with van der Waals surface area (Å²) in [7, 11) is 0. The van der Waals surface area contributed by atoms with Gasteiger partial charge in [0.15, 0.2) is 0 Å². The second kappa shape index (κ2) is 7.84. The largest absolute Gasteiger partial charge is 0.396 e. The Labute approximate surface area is 108 Å². The smallest absolute Gasteiger partial charge is 0.145 e. The maximum absolute atomic E-state index is 8.85. The predicted molar refractivity (Wildman–Crippen MR) is 73.2 cm³/mol. The zero-order chi connectivity index (χ0) is 13.4. The standard InChI is InChI=1S/C12H23N5O/c1-3-4-10-15-11(7-12(16-10)17-13)14-8-9(2)5-6-18/h7,9,18H,3-6,8,13H2,1-2H3,(H2,14,15,16,17). The van der Waals surface area contributed by atoms with Crippen molar-refractivity contribution in [1.29, 1.82) is 0 Å². The summed E-state index contributed by atoms with van der Waals surface area (Å²) >= 11 is 0. The molecule has 0 radical (unpaired) electrons. The maximum atomic E-state index is 8.85. The van der Waals surface area contributed by atoms with E-state index >= 15 is 0 Å². The van der Waals surface area contributed by atoms with E-state index < -0.39 is 0 Å². The third-order valence-electron chi connectivity index (χ3n) is 2.65. The Kier molecular flexibility index (Phi) is 6.38. The highest BCUT2D eigenvalue weighted by Crippen LogP contribution is 2.12. The molecule has 0 amide bonds. The van der Waals surface area contributed by atoms with E-state index in [1.165, 1.54) is 0 Å². The highest BCUT2D eigenvalue weighted by Gasteiger charge is 2.05. The molecule has 5 N–H and O–H groups in total. The quantitative estimate of drug-likeness (QED) is 0.410. The van der Waals surface area contributed by atoms with Crippen molar-refractivity contribution in [2.45, 2.75) is 33.1 Å². The number of nitrogens with zero attached hydrogens (tertiary/aromatic N) is 2. The van der Waals surface area contributed by atoms with Crippen LogP contribution in [0.4, 0.5) is 11.6 Å². The first-order chi connectivity index (χ1) is 8.69. The van der Waals surface area contributed by atoms with Gasteiger partial charge in [-0.25, -0.2) is 15.8 Å². The predicted octanol–water partition coefficient (Wildman–Crippen LogP) is 1.15. The molecule has 1 aromatic heterocycles. The lowest BCUT2D eigenvalue weighted by molar-refractivity contribution is 0.266. The van der Waals surface area contributed by atoms with Crippen LogP contribution in [-0.4, -0.2) is 28.2 Å². The monoisotopic (exact) mass is 253 g/mol. The highest BCUT2D eigenvalue weighted by atomic mass is 16.3. The molecule has 1 aromatic rings. The van der Waals surface area contributed by atoms with Gasteiger partial charge < -0.3 is 15.8 Å². The van der Waals surface area contributed by atoms with E-state index in [1.807, 2.05) is 0 Å². The normalized spacial score (nSPS) is 12.2. The Bertz CT molecular complexity index is 358. The lowest BCUT2D eigenvalue weighted by Crippen LogP contribution is -2.16. The molecule has 0 bridgehead atoms. The minimum Gasteiger partial charge on any atom is -0.396 e. The summed E-state index contributed by atoms with van der Waals surface area (Å²) in [5.41, 5.74) is 2.55. The van der Waals surface area contributed by atoms with Crippen molar-refractivity contribution in [1.82, 2.24) is 9.97 Å². The summed E-state index contributed by atoms with van der Waals surface area (Å²) in [5, 5.41) is 12.1. The second-order valence-electron chi connectivity index (χ2n) is 4.45. The fourth-order valence-corrected chi connectivity index (χ4v) is 1.60. The van der Waals surface area contributed by atoms with Gasteiger partial charge in [0.1, 0.15) is 17.5 Å². The molecule has 102 valence electrons. The first-order valence-electron chi connectivity index (χ1n) is 6.38. The van der Waals surface area contributed by atoms with E-state index in [-0.39, 0.29) is 6.61 Å². The Morgan fingerprint density at radius 2 is 2.11 bits per heavy atom. The van der Waals surface area contributed by atoms with Crippen LogP contribution in [0.3, 0.4) is 0 Å². The number of aromatic nitrogens is 2. The van der Waals surface area contributed by atoms with Crippen LogP contribution in [0.1, 0.15) is 32.5 Å². The molecular weight excluding hydrogens is 230 g/mol. The summed E-state index contributed by atoms with van der Waals surface area (Å²) in [4.78, 5) is 8.70. The van der Waals surface area contributed by atoms with E-state index in [9.17, 15) is 0 Å². The van der Waals surface area contributed by atoms with Crippen LogP contribution in [-0.2, 0) is 6.42 Å². The van der Waals surface area contributed by atoms with Crippen LogP contribution in [0.25, 0.3) is 0 Å². The van der Waals surface area contributed by atoms with Crippen LogP contribution in [0.2, 0.25) is 0 Å². The lowest BCUT2D eigenvalue weighted by Gasteiger charge is -2.13. The average molecular weight is 253 g/mol. The number of nitrogens with one attached hydrogen (secondary N) is 2. The molecule has 0 saturated heterocycles. The van der Waals surface area contributed by atoms with Gasteiger partial charge in [0, 0.05) is 25.6 Å². The molecule has 1 rings (SSSR count). The number of nitrogens with two attached hydrogens (primary N) is 1. The first-order valence-corrected chi connectivity index (χ1v) is 6.38. The fraction of sp³-hybridized carbons (Fsp3) is 0.667. The Morgan fingerprint density at radius 3 is 2.72 bits per heavy atom. The topological polar surface area (TPSA) is 96.1 Å². The third kappa shape index (κ3) is 4.85. The summed E-state index contributed by atoms with van der Waals surface area (Å²) in [6.45, 7) is 5.15. The lowest BCUT2D eigenvalue weighted by atomic mass is 10.1. The minimum atomic E-state index is 0.212. The number of hydrogen-bond donors (Lipinski definition) is 4. The van der Waals surface area contributed by atoms with Crippen molar-refractivity contribution in [3.05, 3.63) is 11.9 Å². The molecule has 6 heteroatoms. The van der Waals surface area contributed by atoms with Crippen LogP contribution in [0.5, 0.6) is 0 Å². The van der Waals surface area contributed by atoms with Crippen LogP contribution in [0.15, 0.2) is 6.07 Å². The maximum Gasteiger partial charge on any atom is 0.145 e. The Morgan fingerprint density at radius 1 is 1.39 bits per heavy atom. The van der Waals surface area contributed by atoms with Crippen molar-refractivity contribution < 1.29 is 5.11 Å². The molecule has 0 aromatic carbocycles. The molecule has 0 aliphatic rings. The molecule has 1 atom stereocenters. The highest BCUT2D eigenvalue weighted by molar-refractivity contribution is 5.46. The molecule has 18 heavy (non-hydrogen) atoms. The molecule has 0 spiro atoms. The Balaban J connectivity index is 2.65. The molecular formula is C12H23N5O. The van der Waals surface area contributed by atoms with Gasteiger partial charge in [0.05, 0.1) is 0 Å². The van der Waals surface area contributed by atoms with Crippen LogP contribution >= 0.6 is 0 Å². The number of rotatable bonds is 8. The van der Waals surface area contributed by atoms with E-state index in [0.717, 1.165) is 37.4 Å². The van der Waals surface area contributed by atoms with E-state index in [0.29, 0.717) is 11.7 Å². The molecule has 1 unspecified atom stereocenters. The van der Waals surface area contributed by atoms with Crippen LogP contribution in [0, 0.1) is 5.92 Å². The zero-order valence-corrected chi connectivity index (χ0v) is 11.1. The number of aliphatic hydroxyl groups excluding tert-OH is 1. The van der Waals surface area contributed by atoms with Crippen molar-refractivity contribution in [3.8, 4) is 0 Å². The van der Waals surface area contributed by atoms with Gasteiger partial charge in [-0.2, -0.15) is 0 Å². The summed E-state index contributed by atoms with van der Waals surface area (Å²) in [6, 6.07) is 1.78. The van der Waals surface area contributed by atoms with Crippen molar-refractivity contribution in [2.24, 2.45) is 11.8 Å². The molecule has 6 nitrogen and oxygen atoms in total. The van der Waals surface area contributed by atoms with Crippen molar-refractivity contribution in [2.75, 3.05) is 23.9 Å². The average Bonchev–Trinajstić information content (AvgIpc) is 2.37. The van der Waals surface area contributed by atoms with Gasteiger partial charge in [0.2, 0.25) is 0 Å². The van der Waals surface area contributed by atoms with E-state index in [4.69, 9.17) is 10.9 Å². The van der Waals surface area contributed by atoms with Gasteiger partial charge in [-0.15, -0.1) is 0 Å². The summed E-state index contributed by atoms with van der Waals surface area (Å²) in [6.07, 6.45) is 2.60. The SMILES string of the molecule is CCCc1nc(NN)cc(NCC(C)CCO)n1. The van der Waals surface area contributed by atoms with Gasteiger partial charge >= 0.3 is 0 Å². The van der Waals surface area contributed by atoms with Crippen molar-refractivity contribution in [3.63, 3.8) is 0 Å². The van der Waals surface area contributed by atoms with Gasteiger partial charge in [-0.05, 0) is 18.8 Å². The fourth-order valence-electron chi connectivity index (χ4n) is 1.60. The number of aryl methyl sites for hydroxylation is 1. The number of hydrazine groups is 1. The van der Waals surface area contributed by atoms with E-state index in [2.05, 4.69) is 34.6 Å².